The lowest BCUT2D eigenvalue weighted by atomic mass is 10.2. The van der Waals surface area contributed by atoms with E-state index >= 15 is 0 Å². The molecule has 0 amide bonds. The van der Waals surface area contributed by atoms with Crippen LogP contribution in [0.15, 0.2) is 0 Å². The molecule has 5 nitrogen and oxygen atoms in total. The first-order valence-electron chi connectivity index (χ1n) is 5.40. The molecule has 90 valence electrons. The van der Waals surface area contributed by atoms with Gasteiger partial charge in [0.15, 0.2) is 0 Å². The number of rotatable bonds is 5. The van der Waals surface area contributed by atoms with Gasteiger partial charge in [0, 0.05) is 7.05 Å². The van der Waals surface area contributed by atoms with Crippen LogP contribution in [0.2, 0.25) is 0 Å². The Hall–Kier alpha value is -1.52. The monoisotopic (exact) mass is 226 g/mol. The minimum absolute atomic E-state index is 0.00194. The summed E-state index contributed by atoms with van der Waals surface area (Å²) in [6, 6.07) is 0. The maximum absolute atomic E-state index is 11.1. The third-order valence-electron chi connectivity index (χ3n) is 2.39. The fraction of sp³-hybridized carbons (Fsp3) is 0.636. The van der Waals surface area contributed by atoms with Gasteiger partial charge in [-0.2, -0.15) is 5.10 Å². The minimum Gasteiger partial charge on any atom is -0.477 e. The van der Waals surface area contributed by atoms with Crippen LogP contribution in [-0.2, 0) is 7.05 Å². The Balaban J connectivity index is 2.98. The van der Waals surface area contributed by atoms with Crippen LogP contribution >= 0.6 is 0 Å². The summed E-state index contributed by atoms with van der Waals surface area (Å²) in [6.07, 6.45) is 1.89. The second-order valence-corrected chi connectivity index (χ2v) is 3.91. The van der Waals surface area contributed by atoms with E-state index in [1.807, 2.05) is 6.92 Å². The van der Waals surface area contributed by atoms with Gasteiger partial charge in [-0.15, -0.1) is 0 Å². The molecule has 0 aliphatic heterocycles. The van der Waals surface area contributed by atoms with Crippen LogP contribution in [0, 0.1) is 6.92 Å². The summed E-state index contributed by atoms with van der Waals surface area (Å²) in [7, 11) is 1.69. The number of nitrogens with zero attached hydrogens (tertiary/aromatic N) is 2. The van der Waals surface area contributed by atoms with E-state index in [-0.39, 0.29) is 11.7 Å². The maximum Gasteiger partial charge on any atom is 0.343 e. The summed E-state index contributed by atoms with van der Waals surface area (Å²) in [6.45, 7) is 5.66. The maximum atomic E-state index is 11.1. The molecular formula is C11H18N2O3. The van der Waals surface area contributed by atoms with Crippen molar-refractivity contribution in [3.05, 3.63) is 11.3 Å². The van der Waals surface area contributed by atoms with Crippen molar-refractivity contribution in [3.63, 3.8) is 0 Å². The molecule has 1 rings (SSSR count). The third-order valence-corrected chi connectivity index (χ3v) is 2.39. The lowest BCUT2D eigenvalue weighted by Gasteiger charge is -2.14. The number of aromatic nitrogens is 2. The van der Waals surface area contributed by atoms with Gasteiger partial charge in [0.2, 0.25) is 5.88 Å². The molecule has 0 bridgehead atoms. The van der Waals surface area contributed by atoms with E-state index in [9.17, 15) is 4.79 Å². The van der Waals surface area contributed by atoms with Crippen molar-refractivity contribution in [1.29, 1.82) is 0 Å². The predicted octanol–water partition coefficient (Wildman–Crippen LogP) is 1.99. The van der Waals surface area contributed by atoms with Gasteiger partial charge in [-0.05, 0) is 20.3 Å². The van der Waals surface area contributed by atoms with E-state index in [0.29, 0.717) is 11.6 Å². The number of aryl methyl sites for hydroxylation is 2. The van der Waals surface area contributed by atoms with Crippen molar-refractivity contribution in [1.82, 2.24) is 9.78 Å². The van der Waals surface area contributed by atoms with E-state index in [1.165, 1.54) is 4.68 Å². The first kappa shape index (κ1) is 12.5. The molecule has 5 heteroatoms. The molecule has 1 atom stereocenters. The van der Waals surface area contributed by atoms with Gasteiger partial charge in [0.25, 0.3) is 0 Å². The molecule has 1 N–H and O–H groups in total. The average Bonchev–Trinajstić information content (AvgIpc) is 2.41. The summed E-state index contributed by atoms with van der Waals surface area (Å²) in [5.74, 6) is -0.657. The first-order valence-corrected chi connectivity index (χ1v) is 5.40. The van der Waals surface area contributed by atoms with E-state index in [0.717, 1.165) is 12.8 Å². The molecule has 16 heavy (non-hydrogen) atoms. The van der Waals surface area contributed by atoms with Crippen LogP contribution < -0.4 is 4.74 Å². The van der Waals surface area contributed by atoms with Gasteiger partial charge in [0.05, 0.1) is 11.8 Å². The van der Waals surface area contributed by atoms with Crippen LogP contribution in [-0.4, -0.2) is 27.0 Å². The Kier molecular flexibility index (Phi) is 3.93. The molecule has 0 saturated heterocycles. The van der Waals surface area contributed by atoms with Crippen molar-refractivity contribution in [2.24, 2.45) is 7.05 Å². The first-order chi connectivity index (χ1) is 7.47. The highest BCUT2D eigenvalue weighted by atomic mass is 16.5. The molecular weight excluding hydrogens is 208 g/mol. The summed E-state index contributed by atoms with van der Waals surface area (Å²) in [5.41, 5.74) is 0.638. The van der Waals surface area contributed by atoms with E-state index in [4.69, 9.17) is 9.84 Å². The van der Waals surface area contributed by atoms with Crippen LogP contribution in [0.25, 0.3) is 0 Å². The van der Waals surface area contributed by atoms with Gasteiger partial charge < -0.3 is 9.84 Å². The molecule has 0 aromatic carbocycles. The zero-order valence-corrected chi connectivity index (χ0v) is 10.1. The van der Waals surface area contributed by atoms with Crippen molar-refractivity contribution in [2.75, 3.05) is 0 Å². The van der Waals surface area contributed by atoms with E-state index < -0.39 is 5.97 Å². The molecule has 0 fully saturated rings. The van der Waals surface area contributed by atoms with Crippen molar-refractivity contribution >= 4 is 5.97 Å². The highest BCUT2D eigenvalue weighted by molar-refractivity contribution is 5.91. The molecule has 0 radical (unpaired) electrons. The molecule has 0 spiro atoms. The van der Waals surface area contributed by atoms with E-state index in [2.05, 4.69) is 12.0 Å². The Morgan fingerprint density at radius 1 is 1.62 bits per heavy atom. The smallest absolute Gasteiger partial charge is 0.343 e. The quantitative estimate of drug-likeness (QED) is 0.834. The Morgan fingerprint density at radius 2 is 2.25 bits per heavy atom. The number of carboxylic acid groups (broad SMARTS) is 1. The number of aromatic carboxylic acids is 1. The normalized spacial score (nSPS) is 12.5. The number of carbonyl (C=O) groups is 1. The molecule has 1 unspecified atom stereocenters. The topological polar surface area (TPSA) is 64.3 Å². The van der Waals surface area contributed by atoms with Crippen molar-refractivity contribution in [3.8, 4) is 5.88 Å². The molecule has 0 aliphatic rings. The van der Waals surface area contributed by atoms with Crippen LogP contribution in [0.1, 0.15) is 42.7 Å². The SMILES string of the molecule is CCCC(C)Oc1c(C(=O)O)c(C)nn1C. The van der Waals surface area contributed by atoms with Gasteiger partial charge >= 0.3 is 5.97 Å². The van der Waals surface area contributed by atoms with Crippen LogP contribution in [0.5, 0.6) is 5.88 Å². The Bertz CT molecular complexity index is 385. The molecule has 1 heterocycles. The summed E-state index contributed by atoms with van der Waals surface area (Å²) >= 11 is 0. The zero-order valence-electron chi connectivity index (χ0n) is 10.1. The van der Waals surface area contributed by atoms with Crippen LogP contribution in [0.3, 0.4) is 0 Å². The molecule has 1 aromatic heterocycles. The molecule has 0 saturated carbocycles. The minimum atomic E-state index is -0.996. The molecule has 1 aromatic rings. The summed E-state index contributed by atoms with van der Waals surface area (Å²) in [4.78, 5) is 11.1. The summed E-state index contributed by atoms with van der Waals surface area (Å²) < 4.78 is 7.10. The van der Waals surface area contributed by atoms with E-state index in [1.54, 1.807) is 14.0 Å². The highest BCUT2D eigenvalue weighted by Gasteiger charge is 2.22. The second kappa shape index (κ2) is 5.01. The Labute approximate surface area is 95.0 Å². The number of ether oxygens (including phenoxy) is 1. The lowest BCUT2D eigenvalue weighted by molar-refractivity contribution is 0.0687. The fourth-order valence-corrected chi connectivity index (χ4v) is 1.67. The lowest BCUT2D eigenvalue weighted by Crippen LogP contribution is -2.15. The zero-order chi connectivity index (χ0) is 12.3. The Morgan fingerprint density at radius 3 is 2.75 bits per heavy atom. The average molecular weight is 226 g/mol. The van der Waals surface area contributed by atoms with Gasteiger partial charge in [-0.3, -0.25) is 0 Å². The standard InChI is InChI=1S/C11H18N2O3/c1-5-6-7(2)16-10-9(11(14)15)8(3)12-13(10)4/h7H,5-6H2,1-4H3,(H,14,15). The predicted molar refractivity (Wildman–Crippen MR) is 59.9 cm³/mol. The second-order valence-electron chi connectivity index (χ2n) is 3.91. The molecule has 0 aliphatic carbocycles. The van der Waals surface area contributed by atoms with Crippen LogP contribution in [0.4, 0.5) is 0 Å². The number of carboxylic acids is 1. The largest absolute Gasteiger partial charge is 0.477 e. The third kappa shape index (κ3) is 2.53. The van der Waals surface area contributed by atoms with Crippen molar-refractivity contribution < 1.29 is 14.6 Å². The van der Waals surface area contributed by atoms with Crippen molar-refractivity contribution in [2.45, 2.75) is 39.7 Å². The fourth-order valence-electron chi connectivity index (χ4n) is 1.67. The van der Waals surface area contributed by atoms with Gasteiger partial charge in [-0.25, -0.2) is 9.48 Å². The number of hydrogen-bond donors (Lipinski definition) is 1. The van der Waals surface area contributed by atoms with Gasteiger partial charge in [-0.1, -0.05) is 13.3 Å². The van der Waals surface area contributed by atoms with Gasteiger partial charge in [0.1, 0.15) is 5.56 Å². The number of hydrogen-bond acceptors (Lipinski definition) is 3. The highest BCUT2D eigenvalue weighted by Crippen LogP contribution is 2.23. The summed E-state index contributed by atoms with van der Waals surface area (Å²) in [5, 5.41) is 13.1.